The van der Waals surface area contributed by atoms with Crippen LogP contribution < -0.4 is 4.90 Å². The van der Waals surface area contributed by atoms with E-state index in [0.29, 0.717) is 22.8 Å². The molecule has 0 heterocycles. The molecule has 0 fully saturated rings. The second-order valence-electron chi connectivity index (χ2n) is 3.34. The first-order chi connectivity index (χ1) is 8.08. The number of carboxylic acid groups (broad SMARTS) is 1. The van der Waals surface area contributed by atoms with Crippen molar-refractivity contribution >= 4 is 23.3 Å². The third-order valence-corrected chi connectivity index (χ3v) is 2.33. The van der Waals surface area contributed by atoms with Crippen molar-refractivity contribution in [1.29, 1.82) is 5.26 Å². The van der Waals surface area contributed by atoms with Crippen molar-refractivity contribution < 1.29 is 9.90 Å². The van der Waals surface area contributed by atoms with E-state index in [1.807, 2.05) is 6.07 Å². The second-order valence-corrected chi connectivity index (χ2v) is 3.77. The van der Waals surface area contributed by atoms with E-state index in [-0.39, 0.29) is 6.54 Å². The van der Waals surface area contributed by atoms with Crippen LogP contribution in [0.25, 0.3) is 0 Å². The van der Waals surface area contributed by atoms with Crippen molar-refractivity contribution in [1.82, 2.24) is 0 Å². The smallest absolute Gasteiger partial charge is 0.323 e. The molecule has 1 aromatic carbocycles. The summed E-state index contributed by atoms with van der Waals surface area (Å²) in [5, 5.41) is 18.2. The molecule has 0 amide bonds. The number of anilines is 1. The molecule has 0 saturated carbocycles. The maximum Gasteiger partial charge on any atom is 0.323 e. The molecule has 4 nitrogen and oxygen atoms in total. The first-order valence-electron chi connectivity index (χ1n) is 4.85. The highest BCUT2D eigenvalue weighted by molar-refractivity contribution is 6.30. The Morgan fingerprint density at radius 1 is 1.65 bits per heavy atom. The molecule has 5 heteroatoms. The Kier molecular flexibility index (Phi) is 4.56. The number of halogens is 1. The summed E-state index contributed by atoms with van der Waals surface area (Å²) in [6.45, 7) is 3.69. The van der Waals surface area contributed by atoms with Gasteiger partial charge in [-0.15, -0.1) is 6.58 Å². The Labute approximate surface area is 104 Å². The van der Waals surface area contributed by atoms with Gasteiger partial charge in [0.15, 0.2) is 0 Å². The Morgan fingerprint density at radius 2 is 2.35 bits per heavy atom. The molecule has 1 aromatic rings. The number of carbonyl (C=O) groups is 1. The molecule has 0 unspecified atom stereocenters. The molecular formula is C12H11ClN2O2. The molecule has 0 bridgehead atoms. The highest BCUT2D eigenvalue weighted by Crippen LogP contribution is 2.24. The van der Waals surface area contributed by atoms with Crippen LogP contribution in [-0.2, 0) is 4.79 Å². The predicted molar refractivity (Wildman–Crippen MR) is 66.2 cm³/mol. The van der Waals surface area contributed by atoms with E-state index in [1.54, 1.807) is 24.3 Å². The van der Waals surface area contributed by atoms with E-state index in [9.17, 15) is 4.79 Å². The maximum atomic E-state index is 10.8. The van der Waals surface area contributed by atoms with Crippen molar-refractivity contribution in [3.05, 3.63) is 41.4 Å². The van der Waals surface area contributed by atoms with Crippen LogP contribution in [-0.4, -0.2) is 24.2 Å². The maximum absolute atomic E-state index is 10.8. The average Bonchev–Trinajstić information content (AvgIpc) is 2.28. The van der Waals surface area contributed by atoms with Crippen LogP contribution in [0.4, 0.5) is 5.69 Å². The first-order valence-corrected chi connectivity index (χ1v) is 5.23. The molecule has 1 N–H and O–H groups in total. The molecule has 0 aliphatic carbocycles. The fourth-order valence-corrected chi connectivity index (χ4v) is 1.59. The fraction of sp³-hybridized carbons (Fsp3) is 0.167. The zero-order valence-corrected chi connectivity index (χ0v) is 9.81. The van der Waals surface area contributed by atoms with Crippen LogP contribution in [0.15, 0.2) is 30.9 Å². The molecule has 88 valence electrons. The zero-order chi connectivity index (χ0) is 12.8. The molecule has 0 aliphatic heterocycles. The quantitative estimate of drug-likeness (QED) is 0.815. The number of nitriles is 1. The van der Waals surface area contributed by atoms with Gasteiger partial charge in [-0.05, 0) is 18.2 Å². The standard InChI is InChI=1S/C12H11ClN2O2/c1-2-5-15(8-12(16)17)11-6-10(13)4-3-9(11)7-14/h2-4,6H,1,5,8H2,(H,16,17). The summed E-state index contributed by atoms with van der Waals surface area (Å²) < 4.78 is 0. The summed E-state index contributed by atoms with van der Waals surface area (Å²) in [7, 11) is 0. The number of nitrogens with zero attached hydrogens (tertiary/aromatic N) is 2. The number of rotatable bonds is 5. The van der Waals surface area contributed by atoms with E-state index in [2.05, 4.69) is 6.58 Å². The van der Waals surface area contributed by atoms with E-state index >= 15 is 0 Å². The number of aliphatic carboxylic acids is 1. The lowest BCUT2D eigenvalue weighted by Gasteiger charge is -2.22. The van der Waals surface area contributed by atoms with E-state index < -0.39 is 5.97 Å². The van der Waals surface area contributed by atoms with Crippen molar-refractivity contribution in [2.24, 2.45) is 0 Å². The first kappa shape index (κ1) is 13.1. The molecule has 17 heavy (non-hydrogen) atoms. The number of hydrogen-bond acceptors (Lipinski definition) is 3. The molecule has 0 aromatic heterocycles. The highest BCUT2D eigenvalue weighted by Gasteiger charge is 2.13. The Bertz CT molecular complexity index is 480. The molecule has 0 atom stereocenters. The lowest BCUT2D eigenvalue weighted by atomic mass is 10.1. The Morgan fingerprint density at radius 3 is 2.88 bits per heavy atom. The van der Waals surface area contributed by atoms with Gasteiger partial charge in [0.2, 0.25) is 0 Å². The normalized spacial score (nSPS) is 9.41. The molecule has 0 saturated heterocycles. The number of hydrogen-bond donors (Lipinski definition) is 1. The summed E-state index contributed by atoms with van der Waals surface area (Å²) in [5.41, 5.74) is 0.889. The van der Waals surface area contributed by atoms with Crippen LogP contribution >= 0.6 is 11.6 Å². The van der Waals surface area contributed by atoms with Crippen LogP contribution in [0.5, 0.6) is 0 Å². The van der Waals surface area contributed by atoms with E-state index in [1.165, 1.54) is 4.90 Å². The van der Waals surface area contributed by atoms with E-state index in [4.69, 9.17) is 22.0 Å². The van der Waals surface area contributed by atoms with Crippen molar-refractivity contribution in [3.63, 3.8) is 0 Å². The lowest BCUT2D eigenvalue weighted by Crippen LogP contribution is -2.30. The molecule has 0 radical (unpaired) electrons. The van der Waals surface area contributed by atoms with Gasteiger partial charge in [0.05, 0.1) is 11.3 Å². The Balaban J connectivity index is 3.16. The molecule has 0 spiro atoms. The average molecular weight is 251 g/mol. The van der Waals surface area contributed by atoms with Crippen LogP contribution in [0.2, 0.25) is 5.02 Å². The summed E-state index contributed by atoms with van der Waals surface area (Å²) in [5.74, 6) is -0.976. The van der Waals surface area contributed by atoms with Gasteiger partial charge >= 0.3 is 5.97 Å². The SMILES string of the molecule is C=CCN(CC(=O)O)c1cc(Cl)ccc1C#N. The minimum absolute atomic E-state index is 0.207. The highest BCUT2D eigenvalue weighted by atomic mass is 35.5. The van der Waals surface area contributed by atoms with Gasteiger partial charge in [0, 0.05) is 11.6 Å². The summed E-state index contributed by atoms with van der Waals surface area (Å²) in [6.07, 6.45) is 1.57. The third kappa shape index (κ3) is 3.51. The lowest BCUT2D eigenvalue weighted by molar-refractivity contribution is -0.135. The summed E-state index contributed by atoms with van der Waals surface area (Å²) >= 11 is 5.85. The van der Waals surface area contributed by atoms with Gasteiger partial charge in [-0.2, -0.15) is 5.26 Å². The van der Waals surface area contributed by atoms with Crippen LogP contribution in [0, 0.1) is 11.3 Å². The fourth-order valence-electron chi connectivity index (χ4n) is 1.43. The molecule has 0 aliphatic rings. The predicted octanol–water partition coefficient (Wildman–Crippen LogP) is 2.29. The molecular weight excluding hydrogens is 240 g/mol. The second kappa shape index (κ2) is 5.92. The number of carboxylic acids is 1. The summed E-state index contributed by atoms with van der Waals surface area (Å²) in [4.78, 5) is 12.3. The van der Waals surface area contributed by atoms with E-state index in [0.717, 1.165) is 0 Å². The monoisotopic (exact) mass is 250 g/mol. The third-order valence-electron chi connectivity index (χ3n) is 2.10. The van der Waals surface area contributed by atoms with Crippen LogP contribution in [0.1, 0.15) is 5.56 Å². The van der Waals surface area contributed by atoms with Gasteiger partial charge in [-0.3, -0.25) is 4.79 Å². The molecule has 1 rings (SSSR count). The van der Waals surface area contributed by atoms with Crippen molar-refractivity contribution in [3.8, 4) is 6.07 Å². The van der Waals surface area contributed by atoms with Crippen molar-refractivity contribution in [2.75, 3.05) is 18.0 Å². The van der Waals surface area contributed by atoms with Gasteiger partial charge in [-0.1, -0.05) is 17.7 Å². The number of benzene rings is 1. The van der Waals surface area contributed by atoms with Crippen LogP contribution in [0.3, 0.4) is 0 Å². The topological polar surface area (TPSA) is 64.3 Å². The van der Waals surface area contributed by atoms with Gasteiger partial charge in [-0.25, -0.2) is 0 Å². The van der Waals surface area contributed by atoms with Gasteiger partial charge in [0.25, 0.3) is 0 Å². The zero-order valence-electron chi connectivity index (χ0n) is 9.06. The minimum atomic E-state index is -0.976. The van der Waals surface area contributed by atoms with Gasteiger partial charge in [0.1, 0.15) is 12.6 Å². The van der Waals surface area contributed by atoms with Crippen molar-refractivity contribution in [2.45, 2.75) is 0 Å². The van der Waals surface area contributed by atoms with Gasteiger partial charge < -0.3 is 10.0 Å². The minimum Gasteiger partial charge on any atom is -0.480 e. The largest absolute Gasteiger partial charge is 0.480 e. The Hall–Kier alpha value is -1.99. The summed E-state index contributed by atoms with van der Waals surface area (Å²) in [6, 6.07) is 6.74.